The van der Waals surface area contributed by atoms with E-state index in [4.69, 9.17) is 4.74 Å². The molecule has 0 radical (unpaired) electrons. The van der Waals surface area contributed by atoms with E-state index in [0.29, 0.717) is 5.56 Å². The highest BCUT2D eigenvalue weighted by Crippen LogP contribution is 2.22. The van der Waals surface area contributed by atoms with E-state index in [2.05, 4.69) is 0 Å². The molecule has 0 atom stereocenters. The molecule has 0 aliphatic heterocycles. The van der Waals surface area contributed by atoms with Gasteiger partial charge in [-0.15, -0.1) is 0 Å². The predicted octanol–water partition coefficient (Wildman–Crippen LogP) is 5.42. The van der Waals surface area contributed by atoms with E-state index < -0.39 is 11.7 Å². The SMILES string of the molecule is CC(C)(C)OC(=O)N(Cc1ccccc1)C(=O)c1cccc2ccccc12. The zero-order chi connectivity index (χ0) is 19.4. The molecule has 0 spiro atoms. The number of hydrogen-bond donors (Lipinski definition) is 0. The summed E-state index contributed by atoms with van der Waals surface area (Å²) < 4.78 is 5.49. The lowest BCUT2D eigenvalue weighted by atomic mass is 10.0. The maximum atomic E-state index is 13.3. The lowest BCUT2D eigenvalue weighted by Crippen LogP contribution is -2.40. The maximum absolute atomic E-state index is 13.3. The second-order valence-electron chi connectivity index (χ2n) is 7.38. The van der Waals surface area contributed by atoms with Gasteiger partial charge in [0.05, 0.1) is 6.54 Å². The van der Waals surface area contributed by atoms with Gasteiger partial charge in [0.2, 0.25) is 0 Å². The molecule has 0 bridgehead atoms. The Labute approximate surface area is 159 Å². The van der Waals surface area contributed by atoms with Crippen LogP contribution in [0.4, 0.5) is 4.79 Å². The summed E-state index contributed by atoms with van der Waals surface area (Å²) in [5.41, 5.74) is 0.650. The third kappa shape index (κ3) is 4.53. The summed E-state index contributed by atoms with van der Waals surface area (Å²) in [4.78, 5) is 27.3. The first-order valence-electron chi connectivity index (χ1n) is 8.92. The number of hydrogen-bond acceptors (Lipinski definition) is 3. The van der Waals surface area contributed by atoms with Crippen molar-refractivity contribution < 1.29 is 14.3 Å². The topological polar surface area (TPSA) is 46.6 Å². The number of carbonyl (C=O) groups excluding carboxylic acids is 2. The first-order chi connectivity index (χ1) is 12.8. The van der Waals surface area contributed by atoms with Crippen molar-refractivity contribution in [3.8, 4) is 0 Å². The molecule has 0 N–H and O–H groups in total. The summed E-state index contributed by atoms with van der Waals surface area (Å²) in [6.07, 6.45) is -0.649. The summed E-state index contributed by atoms with van der Waals surface area (Å²) in [6.45, 7) is 5.51. The van der Waals surface area contributed by atoms with E-state index in [-0.39, 0.29) is 12.5 Å². The van der Waals surface area contributed by atoms with E-state index in [1.54, 1.807) is 26.8 Å². The second kappa shape index (κ2) is 7.62. The molecular formula is C23H23NO3. The van der Waals surface area contributed by atoms with Crippen molar-refractivity contribution in [2.24, 2.45) is 0 Å². The fraction of sp³-hybridized carbons (Fsp3) is 0.217. The van der Waals surface area contributed by atoms with Crippen LogP contribution in [0.1, 0.15) is 36.7 Å². The second-order valence-corrected chi connectivity index (χ2v) is 7.38. The monoisotopic (exact) mass is 361 g/mol. The Morgan fingerprint density at radius 2 is 1.48 bits per heavy atom. The molecule has 0 aliphatic carbocycles. The van der Waals surface area contributed by atoms with Crippen LogP contribution in [0.2, 0.25) is 0 Å². The number of rotatable bonds is 3. The molecular weight excluding hydrogens is 338 g/mol. The van der Waals surface area contributed by atoms with Crippen LogP contribution in [-0.2, 0) is 11.3 Å². The Bertz CT molecular complexity index is 953. The van der Waals surface area contributed by atoms with Gasteiger partial charge in [0, 0.05) is 5.56 Å². The van der Waals surface area contributed by atoms with Gasteiger partial charge in [-0.05, 0) is 43.2 Å². The summed E-state index contributed by atoms with van der Waals surface area (Å²) in [6, 6.07) is 22.6. The number of imide groups is 1. The quantitative estimate of drug-likeness (QED) is 0.626. The molecule has 4 nitrogen and oxygen atoms in total. The van der Waals surface area contributed by atoms with Crippen LogP contribution in [0.25, 0.3) is 10.8 Å². The number of amides is 2. The van der Waals surface area contributed by atoms with Gasteiger partial charge in [0.15, 0.2) is 0 Å². The van der Waals surface area contributed by atoms with E-state index in [0.717, 1.165) is 16.3 Å². The van der Waals surface area contributed by atoms with Crippen LogP contribution in [0.3, 0.4) is 0 Å². The van der Waals surface area contributed by atoms with Gasteiger partial charge in [-0.3, -0.25) is 4.79 Å². The Hall–Kier alpha value is -3.14. The lowest BCUT2D eigenvalue weighted by molar-refractivity contribution is 0.0227. The number of carbonyl (C=O) groups is 2. The van der Waals surface area contributed by atoms with Gasteiger partial charge in [-0.2, -0.15) is 0 Å². The van der Waals surface area contributed by atoms with E-state index >= 15 is 0 Å². The predicted molar refractivity (Wildman–Crippen MR) is 106 cm³/mol. The van der Waals surface area contributed by atoms with Crippen LogP contribution in [-0.4, -0.2) is 22.5 Å². The molecule has 0 unspecified atom stereocenters. The number of benzene rings is 3. The molecule has 0 saturated carbocycles. The highest BCUT2D eigenvalue weighted by molar-refractivity contribution is 6.11. The van der Waals surface area contributed by atoms with E-state index in [1.165, 1.54) is 4.90 Å². The number of fused-ring (bicyclic) bond motifs is 1. The minimum Gasteiger partial charge on any atom is -0.443 e. The smallest absolute Gasteiger partial charge is 0.417 e. The Kier molecular flexibility index (Phi) is 5.26. The summed E-state index contributed by atoms with van der Waals surface area (Å²) >= 11 is 0. The van der Waals surface area contributed by atoms with E-state index in [9.17, 15) is 9.59 Å². The minimum absolute atomic E-state index is 0.151. The van der Waals surface area contributed by atoms with Gasteiger partial charge in [0.25, 0.3) is 5.91 Å². The molecule has 27 heavy (non-hydrogen) atoms. The zero-order valence-corrected chi connectivity index (χ0v) is 15.8. The Morgan fingerprint density at radius 3 is 2.19 bits per heavy atom. The van der Waals surface area contributed by atoms with Crippen molar-refractivity contribution in [3.05, 3.63) is 83.9 Å². The van der Waals surface area contributed by atoms with Crippen molar-refractivity contribution in [2.45, 2.75) is 32.9 Å². The van der Waals surface area contributed by atoms with Crippen LogP contribution in [0.15, 0.2) is 72.8 Å². The van der Waals surface area contributed by atoms with Crippen LogP contribution >= 0.6 is 0 Å². The fourth-order valence-electron chi connectivity index (χ4n) is 2.86. The Balaban J connectivity index is 2.00. The van der Waals surface area contributed by atoms with Gasteiger partial charge >= 0.3 is 6.09 Å². The molecule has 3 rings (SSSR count). The van der Waals surface area contributed by atoms with Crippen LogP contribution < -0.4 is 0 Å². The largest absolute Gasteiger partial charge is 0.443 e. The number of ether oxygens (including phenoxy) is 1. The van der Waals surface area contributed by atoms with Gasteiger partial charge < -0.3 is 4.74 Å². The van der Waals surface area contributed by atoms with Gasteiger partial charge in [0.1, 0.15) is 5.60 Å². The molecule has 3 aromatic carbocycles. The third-order valence-corrected chi connectivity index (χ3v) is 4.06. The Morgan fingerprint density at radius 1 is 0.852 bits per heavy atom. The molecule has 3 aromatic rings. The molecule has 0 aliphatic rings. The van der Waals surface area contributed by atoms with Crippen molar-refractivity contribution in [3.63, 3.8) is 0 Å². The first kappa shape index (κ1) is 18.6. The third-order valence-electron chi connectivity index (χ3n) is 4.06. The molecule has 0 heterocycles. The first-order valence-corrected chi connectivity index (χ1v) is 8.92. The minimum atomic E-state index is -0.689. The highest BCUT2D eigenvalue weighted by atomic mass is 16.6. The molecule has 0 fully saturated rings. The van der Waals surface area contributed by atoms with E-state index in [1.807, 2.05) is 66.7 Å². The molecule has 0 saturated heterocycles. The number of nitrogens with zero attached hydrogens (tertiary/aromatic N) is 1. The molecule has 0 aromatic heterocycles. The van der Waals surface area contributed by atoms with Crippen molar-refractivity contribution in [1.29, 1.82) is 0 Å². The zero-order valence-electron chi connectivity index (χ0n) is 15.8. The highest BCUT2D eigenvalue weighted by Gasteiger charge is 2.29. The normalized spacial score (nSPS) is 11.2. The fourth-order valence-corrected chi connectivity index (χ4v) is 2.86. The summed E-state index contributed by atoms with van der Waals surface area (Å²) in [5, 5.41) is 1.76. The summed E-state index contributed by atoms with van der Waals surface area (Å²) in [5.74, 6) is -0.370. The average molecular weight is 361 g/mol. The van der Waals surface area contributed by atoms with Gasteiger partial charge in [-0.1, -0.05) is 66.7 Å². The van der Waals surface area contributed by atoms with Crippen LogP contribution in [0.5, 0.6) is 0 Å². The lowest BCUT2D eigenvalue weighted by Gasteiger charge is -2.26. The maximum Gasteiger partial charge on any atom is 0.417 e. The standard InChI is InChI=1S/C23H23NO3/c1-23(2,3)27-22(26)24(16-17-10-5-4-6-11-17)21(25)20-15-9-13-18-12-7-8-14-19(18)20/h4-15H,16H2,1-3H3. The van der Waals surface area contributed by atoms with Crippen molar-refractivity contribution in [1.82, 2.24) is 4.90 Å². The molecule has 138 valence electrons. The van der Waals surface area contributed by atoms with Crippen molar-refractivity contribution in [2.75, 3.05) is 0 Å². The summed E-state index contributed by atoms with van der Waals surface area (Å²) in [7, 11) is 0. The average Bonchev–Trinajstić information content (AvgIpc) is 2.64. The molecule has 4 heteroatoms. The van der Waals surface area contributed by atoms with Crippen molar-refractivity contribution >= 4 is 22.8 Å². The van der Waals surface area contributed by atoms with Crippen LogP contribution in [0, 0.1) is 0 Å². The molecule has 2 amide bonds. The van der Waals surface area contributed by atoms with Gasteiger partial charge in [-0.25, -0.2) is 9.69 Å².